The minimum atomic E-state index is -0.0819. The molecule has 1 aromatic carbocycles. The topological polar surface area (TPSA) is 54.0 Å². The van der Waals surface area contributed by atoms with Crippen molar-refractivity contribution in [3.05, 3.63) is 23.2 Å². The van der Waals surface area contributed by atoms with Crippen LogP contribution in [0, 0.1) is 5.92 Å². The molecule has 2 saturated heterocycles. The van der Waals surface area contributed by atoms with Gasteiger partial charge in [0.25, 0.3) is 0 Å². The fraction of sp³-hybridized carbons (Fsp3) is 0.650. The molecule has 1 saturated carbocycles. The van der Waals surface area contributed by atoms with Crippen LogP contribution in [0.2, 0.25) is 5.02 Å². The third-order valence-corrected chi connectivity index (χ3v) is 6.13. The molecule has 3 fully saturated rings. The quantitative estimate of drug-likeness (QED) is 0.832. The third-order valence-electron chi connectivity index (χ3n) is 5.90. The molecule has 1 aliphatic carbocycles. The molecule has 2 amide bonds. The minimum Gasteiger partial charge on any atom is -0.491 e. The smallest absolute Gasteiger partial charge is 0.322 e. The van der Waals surface area contributed by atoms with Crippen molar-refractivity contribution < 1.29 is 14.3 Å². The zero-order valence-corrected chi connectivity index (χ0v) is 16.4. The van der Waals surface area contributed by atoms with Gasteiger partial charge in [-0.15, -0.1) is 0 Å². The van der Waals surface area contributed by atoms with E-state index in [2.05, 4.69) is 10.2 Å². The van der Waals surface area contributed by atoms with Gasteiger partial charge in [0.2, 0.25) is 0 Å². The van der Waals surface area contributed by atoms with E-state index in [1.54, 1.807) is 12.1 Å². The Morgan fingerprint density at radius 1 is 1.22 bits per heavy atom. The first-order chi connectivity index (χ1) is 13.2. The van der Waals surface area contributed by atoms with E-state index < -0.39 is 0 Å². The zero-order chi connectivity index (χ0) is 18.6. The number of hydrogen-bond donors (Lipinski definition) is 1. The molecule has 2 heterocycles. The van der Waals surface area contributed by atoms with Crippen LogP contribution >= 0.6 is 11.6 Å². The van der Waals surface area contributed by atoms with Gasteiger partial charge in [0.05, 0.1) is 25.5 Å². The number of nitrogens with one attached hydrogen (secondary N) is 1. The summed E-state index contributed by atoms with van der Waals surface area (Å²) in [6.07, 6.45) is 4.75. The number of benzene rings is 1. The number of hydrogen-bond acceptors (Lipinski definition) is 4. The van der Waals surface area contributed by atoms with E-state index >= 15 is 0 Å². The van der Waals surface area contributed by atoms with Gasteiger partial charge in [-0.05, 0) is 43.4 Å². The fourth-order valence-corrected chi connectivity index (χ4v) is 4.13. The van der Waals surface area contributed by atoms with Gasteiger partial charge in [-0.25, -0.2) is 4.79 Å². The number of carbonyl (C=O) groups excluding carboxylic acids is 1. The third kappa shape index (κ3) is 4.68. The average Bonchev–Trinajstić information content (AvgIpc) is 3.13. The zero-order valence-electron chi connectivity index (χ0n) is 15.7. The maximum Gasteiger partial charge on any atom is 0.322 e. The van der Waals surface area contributed by atoms with Gasteiger partial charge in [0, 0.05) is 37.2 Å². The van der Waals surface area contributed by atoms with Crippen molar-refractivity contribution in [2.45, 2.75) is 31.7 Å². The Balaban J connectivity index is 1.35. The second-order valence-corrected chi connectivity index (χ2v) is 8.15. The summed E-state index contributed by atoms with van der Waals surface area (Å²) in [5, 5.41) is 3.60. The van der Waals surface area contributed by atoms with Gasteiger partial charge in [-0.1, -0.05) is 18.0 Å². The van der Waals surface area contributed by atoms with Crippen molar-refractivity contribution in [2.24, 2.45) is 5.92 Å². The lowest BCUT2D eigenvalue weighted by Crippen LogP contribution is -2.45. The Morgan fingerprint density at radius 2 is 2.04 bits per heavy atom. The van der Waals surface area contributed by atoms with Crippen LogP contribution in [0.15, 0.2) is 18.2 Å². The minimum absolute atomic E-state index is 0.0819. The van der Waals surface area contributed by atoms with E-state index in [0.717, 1.165) is 45.8 Å². The summed E-state index contributed by atoms with van der Waals surface area (Å²) in [6, 6.07) is 5.76. The van der Waals surface area contributed by atoms with E-state index in [0.29, 0.717) is 35.0 Å². The maximum atomic E-state index is 12.8. The highest BCUT2D eigenvalue weighted by molar-refractivity contribution is 6.31. The first-order valence-electron chi connectivity index (χ1n) is 9.99. The molecule has 1 atom stereocenters. The van der Waals surface area contributed by atoms with Crippen LogP contribution in [-0.2, 0) is 4.74 Å². The second kappa shape index (κ2) is 8.67. The summed E-state index contributed by atoms with van der Waals surface area (Å²) >= 11 is 6.15. The van der Waals surface area contributed by atoms with Crippen molar-refractivity contribution >= 4 is 23.3 Å². The largest absolute Gasteiger partial charge is 0.491 e. The van der Waals surface area contributed by atoms with Gasteiger partial charge in [0.15, 0.2) is 0 Å². The lowest BCUT2D eigenvalue weighted by atomic mass is 9.86. The molecule has 0 bridgehead atoms. The molecule has 1 unspecified atom stereocenters. The van der Waals surface area contributed by atoms with Gasteiger partial charge in [0.1, 0.15) is 5.75 Å². The predicted molar refractivity (Wildman–Crippen MR) is 106 cm³/mol. The number of halogens is 1. The lowest BCUT2D eigenvalue weighted by Gasteiger charge is -2.32. The monoisotopic (exact) mass is 393 g/mol. The second-order valence-electron chi connectivity index (χ2n) is 7.72. The highest BCUT2D eigenvalue weighted by Crippen LogP contribution is 2.32. The summed E-state index contributed by atoms with van der Waals surface area (Å²) in [7, 11) is 0. The van der Waals surface area contributed by atoms with Crippen LogP contribution in [-0.4, -0.2) is 67.9 Å². The molecule has 7 heteroatoms. The Morgan fingerprint density at radius 3 is 2.78 bits per heavy atom. The van der Waals surface area contributed by atoms with Crippen LogP contribution in [0.5, 0.6) is 5.75 Å². The molecule has 4 rings (SSSR count). The van der Waals surface area contributed by atoms with Crippen molar-refractivity contribution in [1.29, 1.82) is 0 Å². The van der Waals surface area contributed by atoms with Crippen LogP contribution in [0.3, 0.4) is 0 Å². The molecule has 1 N–H and O–H groups in total. The van der Waals surface area contributed by atoms with Crippen LogP contribution in [0.1, 0.15) is 25.7 Å². The molecule has 0 radical (unpaired) electrons. The van der Waals surface area contributed by atoms with E-state index in [9.17, 15) is 4.79 Å². The van der Waals surface area contributed by atoms with E-state index in [-0.39, 0.29) is 6.03 Å². The number of anilines is 1. The van der Waals surface area contributed by atoms with E-state index in [1.165, 1.54) is 19.3 Å². The number of rotatable bonds is 5. The summed E-state index contributed by atoms with van der Waals surface area (Å²) in [4.78, 5) is 17.1. The van der Waals surface area contributed by atoms with Gasteiger partial charge >= 0.3 is 6.03 Å². The summed E-state index contributed by atoms with van der Waals surface area (Å²) in [6.45, 7) is 5.70. The molecule has 3 aliphatic rings. The van der Waals surface area contributed by atoms with Gasteiger partial charge in [-0.3, -0.25) is 4.90 Å². The van der Waals surface area contributed by atoms with E-state index in [4.69, 9.17) is 21.1 Å². The van der Waals surface area contributed by atoms with Crippen molar-refractivity contribution in [2.75, 3.05) is 51.3 Å². The first kappa shape index (κ1) is 18.8. The normalized spacial score (nSPS) is 23.9. The molecule has 0 aromatic heterocycles. The molecule has 27 heavy (non-hydrogen) atoms. The number of morpholine rings is 1. The Hall–Kier alpha value is -1.50. The highest BCUT2D eigenvalue weighted by atomic mass is 35.5. The molecular formula is C20H28ClN3O3. The van der Waals surface area contributed by atoms with Crippen LogP contribution < -0.4 is 10.1 Å². The molecule has 1 aromatic rings. The molecule has 6 nitrogen and oxygen atoms in total. The number of nitrogens with zero attached hydrogens (tertiary/aromatic N) is 2. The standard InChI is InChI=1S/C20H28ClN3O3/c21-16-4-5-19(27-14-15-2-1-3-15)18(12-16)22-20(25)24-7-6-17(13-24)23-8-10-26-11-9-23/h4-5,12,15,17H,1-3,6-11,13-14H2,(H,22,25). The molecule has 2 aliphatic heterocycles. The number of urea groups is 1. The summed E-state index contributed by atoms with van der Waals surface area (Å²) in [5.74, 6) is 1.33. The number of likely N-dealkylation sites (tertiary alicyclic amines) is 1. The average molecular weight is 394 g/mol. The number of carbonyl (C=O) groups is 1. The maximum absolute atomic E-state index is 12.8. The summed E-state index contributed by atoms with van der Waals surface area (Å²) < 4.78 is 11.4. The SMILES string of the molecule is O=C(Nc1cc(Cl)ccc1OCC1CCC1)N1CCC(N2CCOCC2)C1. The van der Waals surface area contributed by atoms with Gasteiger partial charge in [-0.2, -0.15) is 0 Å². The predicted octanol–water partition coefficient (Wildman–Crippen LogP) is 3.46. The van der Waals surface area contributed by atoms with E-state index in [1.807, 2.05) is 11.0 Å². The van der Waals surface area contributed by atoms with Crippen molar-refractivity contribution in [3.8, 4) is 5.75 Å². The number of amides is 2. The fourth-order valence-electron chi connectivity index (χ4n) is 3.95. The first-order valence-corrected chi connectivity index (χ1v) is 10.4. The van der Waals surface area contributed by atoms with Gasteiger partial charge < -0.3 is 19.7 Å². The molecule has 0 spiro atoms. The Bertz CT molecular complexity index is 662. The Kier molecular flexibility index (Phi) is 6.05. The lowest BCUT2D eigenvalue weighted by molar-refractivity contribution is 0.0192. The molecular weight excluding hydrogens is 366 g/mol. The van der Waals surface area contributed by atoms with Crippen LogP contribution in [0.4, 0.5) is 10.5 Å². The molecule has 148 valence electrons. The van der Waals surface area contributed by atoms with Crippen molar-refractivity contribution in [1.82, 2.24) is 9.80 Å². The Labute approximate surface area is 165 Å². The summed E-state index contributed by atoms with van der Waals surface area (Å²) in [5.41, 5.74) is 0.654. The van der Waals surface area contributed by atoms with Crippen molar-refractivity contribution in [3.63, 3.8) is 0 Å². The highest BCUT2D eigenvalue weighted by Gasteiger charge is 2.31. The number of ether oxygens (including phenoxy) is 2. The van der Waals surface area contributed by atoms with Crippen LogP contribution in [0.25, 0.3) is 0 Å².